The fourth-order valence-electron chi connectivity index (χ4n) is 15.6. The number of rotatable bonds is 64. The first-order valence-corrected chi connectivity index (χ1v) is 43.7. The average molecular weight is 1400 g/mol. The van der Waals surface area contributed by atoms with Crippen LogP contribution in [0, 0.1) is 6.07 Å². The van der Waals surface area contributed by atoms with Crippen molar-refractivity contribution in [2.45, 2.75) is 388 Å². The summed E-state index contributed by atoms with van der Waals surface area (Å²) in [7, 11) is 0. The molecular weight excluding hydrogens is 1250 g/mol. The topological polar surface area (TPSA) is 81.2 Å². The number of pyridine rings is 2. The van der Waals surface area contributed by atoms with Crippen LogP contribution in [0.15, 0.2) is 54.9 Å². The summed E-state index contributed by atoms with van der Waals surface area (Å²) >= 11 is 0. The number of ether oxygens (including phenoxy) is 6. The Hall–Kier alpha value is -5.24. The summed E-state index contributed by atoms with van der Waals surface area (Å²) in [6.45, 7) is 17.8. The molecule has 7 rings (SSSR count). The van der Waals surface area contributed by atoms with Crippen molar-refractivity contribution in [2.24, 2.45) is 0 Å². The predicted octanol–water partition coefficient (Wildman–Crippen LogP) is 29.0. The van der Waals surface area contributed by atoms with Gasteiger partial charge in [-0.05, 0) is 124 Å². The third kappa shape index (κ3) is 30.7. The van der Waals surface area contributed by atoms with Crippen molar-refractivity contribution in [1.82, 2.24) is 9.97 Å². The Bertz CT molecular complexity index is 2710. The lowest BCUT2D eigenvalue weighted by molar-refractivity contribution is 0.234. The number of aromatic nitrogens is 2. The van der Waals surface area contributed by atoms with E-state index in [1.807, 2.05) is 0 Å². The molecule has 0 saturated heterocycles. The van der Waals surface area contributed by atoms with Gasteiger partial charge in [0.05, 0.1) is 39.6 Å². The van der Waals surface area contributed by atoms with Gasteiger partial charge in [0, 0.05) is 34.9 Å². The van der Waals surface area contributed by atoms with E-state index < -0.39 is 0 Å². The first-order valence-electron chi connectivity index (χ1n) is 43.7. The second-order valence-corrected chi connectivity index (χ2v) is 30.7. The number of fused-ring (bicyclic) bond motifs is 2. The van der Waals surface area contributed by atoms with Gasteiger partial charge in [-0.2, -0.15) is 0 Å². The van der Waals surface area contributed by atoms with Crippen LogP contribution < -0.4 is 28.4 Å². The van der Waals surface area contributed by atoms with E-state index >= 15 is 0 Å². The minimum atomic E-state index is 0.662. The molecule has 2 aliphatic carbocycles. The summed E-state index contributed by atoms with van der Waals surface area (Å²) < 4.78 is 41.4. The molecule has 0 fully saturated rings. The zero-order chi connectivity index (χ0) is 71.5. The highest BCUT2D eigenvalue weighted by Crippen LogP contribution is 2.48. The summed E-state index contributed by atoms with van der Waals surface area (Å²) in [5.41, 5.74) is 14.1. The van der Waals surface area contributed by atoms with E-state index in [1.165, 1.54) is 303 Å². The van der Waals surface area contributed by atoms with E-state index in [0.717, 1.165) is 145 Å². The Kier molecular flexibility index (Phi) is 44.1. The van der Waals surface area contributed by atoms with Gasteiger partial charge in [-0.3, -0.25) is 9.97 Å². The van der Waals surface area contributed by atoms with Crippen LogP contribution in [0.4, 0.5) is 0 Å². The molecular formula is C94H147N2O6-. The van der Waals surface area contributed by atoms with Gasteiger partial charge in [0.1, 0.15) is 0 Å². The van der Waals surface area contributed by atoms with Gasteiger partial charge in [0.25, 0.3) is 0 Å². The maximum absolute atomic E-state index is 6.91. The van der Waals surface area contributed by atoms with Crippen molar-refractivity contribution < 1.29 is 28.4 Å². The fraction of sp³-hybridized carbons (Fsp3) is 0.702. The van der Waals surface area contributed by atoms with E-state index in [2.05, 4.69) is 102 Å². The molecule has 2 heterocycles. The largest absolute Gasteiger partial charge is 0.490 e. The van der Waals surface area contributed by atoms with Crippen molar-refractivity contribution >= 4 is 0 Å². The van der Waals surface area contributed by atoms with Gasteiger partial charge < -0.3 is 28.4 Å². The molecule has 0 aliphatic heterocycles. The third-order valence-corrected chi connectivity index (χ3v) is 21.8. The fourth-order valence-corrected chi connectivity index (χ4v) is 15.6. The molecule has 5 aromatic rings. The summed E-state index contributed by atoms with van der Waals surface area (Å²) in [4.78, 5) is 10.9. The van der Waals surface area contributed by atoms with Gasteiger partial charge in [-0.25, -0.2) is 0 Å². The van der Waals surface area contributed by atoms with Crippen LogP contribution >= 0.6 is 0 Å². The molecule has 3 aromatic carbocycles. The standard InChI is InChI=1S/C94H147N2O6/c1-7-13-19-25-31-37-43-49-64-97-87-71-79(72-88(98-65-50-44-38-32-26-20-14-8-2)93(87)101-68-53-47-41-35-29-23-17-11-5)85-75-95-91(83-62-56-60-81(83)85)77-58-55-59-78(70-77)92-84-63-57-61-82(84)86(76-96-92)80-73-89(99-66-51-45-39-33-27-21-15-9-3)94(102-69-54-48-42-36-30-24-18-12-6)90(74-80)100-67-52-46-40-34-28-22-16-10-4/h55,58-59,71-76H,7-54,56-57,60-69H2,1-6H3/q-1. The SMILES string of the molecule is CCCCCCCCCCOc1cc(-c2cnc(-c3[c-]c(-c4ncc(-c5cc(OCCCCCCCCCC)c(OCCCCCCCCCC)c(OCCCCCCCCCC)c5)c5c4CCC5)ccc3)c3c2CCC3)cc(OCCCCCCCCCC)c1OCCCCCCCCCC. The van der Waals surface area contributed by atoms with Gasteiger partial charge in [-0.15, -0.1) is 24.3 Å². The highest BCUT2D eigenvalue weighted by molar-refractivity contribution is 5.82. The summed E-state index contributed by atoms with van der Waals surface area (Å²) in [5, 5.41) is 0. The molecule has 0 radical (unpaired) electrons. The highest BCUT2D eigenvalue weighted by atomic mass is 16.5. The van der Waals surface area contributed by atoms with Crippen LogP contribution in [0.2, 0.25) is 0 Å². The zero-order valence-corrected chi connectivity index (χ0v) is 66.5. The smallest absolute Gasteiger partial charge is 0.203 e. The van der Waals surface area contributed by atoms with Crippen LogP contribution in [-0.2, 0) is 25.7 Å². The molecule has 8 heteroatoms. The summed E-state index contributed by atoms with van der Waals surface area (Å²) in [6, 6.07) is 19.6. The molecule has 0 amide bonds. The minimum absolute atomic E-state index is 0.662. The normalized spacial score (nSPS) is 12.5. The van der Waals surface area contributed by atoms with Crippen LogP contribution in [0.3, 0.4) is 0 Å². The number of hydrogen-bond donors (Lipinski definition) is 0. The van der Waals surface area contributed by atoms with Crippen molar-refractivity contribution in [1.29, 1.82) is 0 Å². The zero-order valence-electron chi connectivity index (χ0n) is 66.5. The predicted molar refractivity (Wildman–Crippen MR) is 435 cm³/mol. The average Bonchev–Trinajstić information content (AvgIpc) is 1.51. The Morgan fingerprint density at radius 2 is 0.500 bits per heavy atom. The van der Waals surface area contributed by atoms with E-state index in [1.54, 1.807) is 0 Å². The maximum Gasteiger partial charge on any atom is 0.203 e. The van der Waals surface area contributed by atoms with Gasteiger partial charge >= 0.3 is 0 Å². The highest BCUT2D eigenvalue weighted by Gasteiger charge is 2.26. The van der Waals surface area contributed by atoms with Crippen LogP contribution in [0.5, 0.6) is 34.5 Å². The Labute approximate surface area is 625 Å². The van der Waals surface area contributed by atoms with Crippen molar-refractivity contribution in [3.63, 3.8) is 0 Å². The molecule has 0 N–H and O–H groups in total. The van der Waals surface area contributed by atoms with Crippen molar-refractivity contribution in [3.8, 4) is 79.3 Å². The molecule has 0 atom stereocenters. The number of nitrogens with zero attached hydrogens (tertiary/aromatic N) is 2. The summed E-state index contributed by atoms with van der Waals surface area (Å²) in [6.07, 6.45) is 70.9. The van der Waals surface area contributed by atoms with Gasteiger partial charge in [0.15, 0.2) is 23.0 Å². The second-order valence-electron chi connectivity index (χ2n) is 30.7. The van der Waals surface area contributed by atoms with Crippen LogP contribution in [-0.4, -0.2) is 49.6 Å². The number of unbranched alkanes of at least 4 members (excludes halogenated alkanes) is 42. The van der Waals surface area contributed by atoms with E-state index in [-0.39, 0.29) is 0 Å². The molecule has 570 valence electrons. The molecule has 2 aromatic heterocycles. The molecule has 102 heavy (non-hydrogen) atoms. The lowest BCUT2D eigenvalue weighted by Crippen LogP contribution is -2.07. The van der Waals surface area contributed by atoms with Crippen molar-refractivity contribution in [2.75, 3.05) is 39.6 Å². The minimum Gasteiger partial charge on any atom is -0.490 e. The molecule has 0 saturated carbocycles. The van der Waals surface area contributed by atoms with Gasteiger partial charge in [0.2, 0.25) is 11.5 Å². The lowest BCUT2D eigenvalue weighted by Gasteiger charge is -2.22. The Morgan fingerprint density at radius 3 is 0.755 bits per heavy atom. The first-order chi connectivity index (χ1) is 50.5. The Morgan fingerprint density at radius 1 is 0.275 bits per heavy atom. The molecule has 0 spiro atoms. The third-order valence-electron chi connectivity index (χ3n) is 21.8. The maximum atomic E-state index is 6.91. The Balaban J connectivity index is 1.17. The lowest BCUT2D eigenvalue weighted by atomic mass is 9.92. The first kappa shape index (κ1) is 84.0. The number of hydrogen-bond acceptors (Lipinski definition) is 8. The van der Waals surface area contributed by atoms with Gasteiger partial charge in [-0.1, -0.05) is 333 Å². The van der Waals surface area contributed by atoms with Crippen LogP contribution in [0.1, 0.15) is 385 Å². The monoisotopic (exact) mass is 1400 g/mol. The van der Waals surface area contributed by atoms with E-state index in [4.69, 9.17) is 38.4 Å². The quantitative estimate of drug-likeness (QED) is 0.0281. The van der Waals surface area contributed by atoms with E-state index in [0.29, 0.717) is 39.6 Å². The molecule has 0 bridgehead atoms. The second kappa shape index (κ2) is 53.5. The molecule has 8 nitrogen and oxygen atoms in total. The van der Waals surface area contributed by atoms with Crippen LogP contribution in [0.25, 0.3) is 44.8 Å². The summed E-state index contributed by atoms with van der Waals surface area (Å²) in [5.74, 6) is 4.80. The van der Waals surface area contributed by atoms with Crippen molar-refractivity contribution in [3.05, 3.63) is 83.2 Å². The number of benzene rings is 3. The van der Waals surface area contributed by atoms with E-state index in [9.17, 15) is 0 Å². The molecule has 0 unspecified atom stereocenters. The molecule has 2 aliphatic rings.